The van der Waals surface area contributed by atoms with Gasteiger partial charge in [0.1, 0.15) is 11.5 Å². The van der Waals surface area contributed by atoms with E-state index in [2.05, 4.69) is 20.3 Å². The van der Waals surface area contributed by atoms with Gasteiger partial charge in [-0.3, -0.25) is 9.48 Å². The number of amides is 1. The smallest absolute Gasteiger partial charge is 0.269 e. The molecular weight excluding hydrogens is 365 g/mol. The van der Waals surface area contributed by atoms with E-state index in [0.29, 0.717) is 11.4 Å². The Balaban J connectivity index is 1.39. The van der Waals surface area contributed by atoms with Crippen LogP contribution in [-0.2, 0) is 7.05 Å². The van der Waals surface area contributed by atoms with E-state index in [1.165, 1.54) is 12.1 Å². The molecule has 1 saturated heterocycles. The molecule has 2 aromatic heterocycles. The maximum Gasteiger partial charge on any atom is 0.269 e. The molecule has 0 bridgehead atoms. The highest BCUT2D eigenvalue weighted by atomic mass is 32.1. The summed E-state index contributed by atoms with van der Waals surface area (Å²) < 4.78 is 14.7. The number of carbonyl (C=O) groups excluding carboxylic acids is 1. The second kappa shape index (κ2) is 7.48. The number of rotatable bonds is 4. The van der Waals surface area contributed by atoms with Crippen LogP contribution in [0.25, 0.3) is 11.3 Å². The number of aromatic nitrogens is 3. The summed E-state index contributed by atoms with van der Waals surface area (Å²) in [5, 5.41) is 10.5. The zero-order valence-corrected chi connectivity index (χ0v) is 15.7. The van der Waals surface area contributed by atoms with Gasteiger partial charge in [-0.15, -0.1) is 11.3 Å². The number of thiazole rings is 1. The van der Waals surface area contributed by atoms with E-state index in [1.807, 2.05) is 11.6 Å². The molecule has 0 atom stereocenters. The van der Waals surface area contributed by atoms with Crippen LogP contribution in [0, 0.1) is 5.82 Å². The van der Waals surface area contributed by atoms with Gasteiger partial charge in [0.2, 0.25) is 0 Å². The summed E-state index contributed by atoms with van der Waals surface area (Å²) in [5.41, 5.74) is 1.93. The maximum atomic E-state index is 13.1. The van der Waals surface area contributed by atoms with Gasteiger partial charge in [0.15, 0.2) is 5.13 Å². The maximum absolute atomic E-state index is 13.1. The van der Waals surface area contributed by atoms with Crippen LogP contribution in [0.5, 0.6) is 0 Å². The number of piperidine rings is 1. The summed E-state index contributed by atoms with van der Waals surface area (Å²) in [7, 11) is 1.74. The quantitative estimate of drug-likeness (QED) is 0.750. The second-order valence-corrected chi connectivity index (χ2v) is 7.47. The van der Waals surface area contributed by atoms with Crippen molar-refractivity contribution in [3.8, 4) is 11.3 Å². The van der Waals surface area contributed by atoms with E-state index < -0.39 is 0 Å². The lowest BCUT2D eigenvalue weighted by molar-refractivity contribution is 0.0921. The number of anilines is 1. The Labute approximate surface area is 160 Å². The molecule has 0 spiro atoms. The van der Waals surface area contributed by atoms with Crippen molar-refractivity contribution in [2.45, 2.75) is 18.9 Å². The summed E-state index contributed by atoms with van der Waals surface area (Å²) in [6, 6.07) is 7.98. The van der Waals surface area contributed by atoms with Gasteiger partial charge < -0.3 is 10.2 Å². The number of hydrogen-bond acceptors (Lipinski definition) is 5. The highest BCUT2D eigenvalue weighted by Gasteiger charge is 2.24. The number of aryl methyl sites for hydroxylation is 1. The Morgan fingerprint density at radius 1 is 1.26 bits per heavy atom. The molecule has 8 heteroatoms. The van der Waals surface area contributed by atoms with Crippen molar-refractivity contribution in [2.24, 2.45) is 7.05 Å². The fourth-order valence-corrected chi connectivity index (χ4v) is 3.98. The van der Waals surface area contributed by atoms with Crippen LogP contribution in [0.3, 0.4) is 0 Å². The predicted octanol–water partition coefficient (Wildman–Crippen LogP) is 3.08. The standard InChI is InChI=1S/C19H20FN5OS/c1-24-17(12-16(23-24)13-2-4-14(20)5-3-13)18(26)22-15-6-9-25(10-7-15)19-21-8-11-27-19/h2-5,8,11-12,15H,6-7,9-10H2,1H3,(H,22,26). The summed E-state index contributed by atoms with van der Waals surface area (Å²) in [5.74, 6) is -0.428. The van der Waals surface area contributed by atoms with Gasteiger partial charge in [-0.05, 0) is 43.2 Å². The minimum absolute atomic E-state index is 0.133. The van der Waals surface area contributed by atoms with Crippen LogP contribution in [-0.4, -0.2) is 39.8 Å². The third-order valence-electron chi connectivity index (χ3n) is 4.77. The molecule has 1 aliphatic rings. The lowest BCUT2D eigenvalue weighted by Crippen LogP contribution is -2.45. The average molecular weight is 385 g/mol. The summed E-state index contributed by atoms with van der Waals surface area (Å²) >= 11 is 1.64. The predicted molar refractivity (Wildman–Crippen MR) is 103 cm³/mol. The van der Waals surface area contributed by atoms with Crippen molar-refractivity contribution in [2.75, 3.05) is 18.0 Å². The van der Waals surface area contributed by atoms with Crippen molar-refractivity contribution in [1.82, 2.24) is 20.1 Å². The van der Waals surface area contributed by atoms with E-state index in [-0.39, 0.29) is 17.8 Å². The zero-order valence-electron chi connectivity index (χ0n) is 14.9. The van der Waals surface area contributed by atoms with Crippen LogP contribution >= 0.6 is 11.3 Å². The molecule has 0 saturated carbocycles. The normalized spacial score (nSPS) is 15.1. The third-order valence-corrected chi connectivity index (χ3v) is 5.60. The van der Waals surface area contributed by atoms with Gasteiger partial charge in [0.05, 0.1) is 5.69 Å². The minimum atomic E-state index is -0.295. The first-order valence-corrected chi connectivity index (χ1v) is 9.73. The van der Waals surface area contributed by atoms with Crippen LogP contribution in [0.2, 0.25) is 0 Å². The van der Waals surface area contributed by atoms with Crippen LogP contribution in [0.15, 0.2) is 41.9 Å². The van der Waals surface area contributed by atoms with Crippen molar-refractivity contribution < 1.29 is 9.18 Å². The summed E-state index contributed by atoms with van der Waals surface area (Å²) in [6.45, 7) is 1.76. The molecule has 1 fully saturated rings. The molecule has 1 aromatic carbocycles. The average Bonchev–Trinajstić information content (AvgIpc) is 3.33. The molecule has 0 aliphatic carbocycles. The van der Waals surface area contributed by atoms with Crippen LogP contribution < -0.4 is 10.2 Å². The van der Waals surface area contributed by atoms with Crippen molar-refractivity contribution in [3.63, 3.8) is 0 Å². The molecule has 1 N–H and O–H groups in total. The van der Waals surface area contributed by atoms with E-state index in [4.69, 9.17) is 0 Å². The Kier molecular flexibility index (Phi) is 4.89. The highest BCUT2D eigenvalue weighted by molar-refractivity contribution is 7.13. The Bertz CT molecular complexity index is 914. The topological polar surface area (TPSA) is 63.1 Å². The van der Waals surface area contributed by atoms with Gasteiger partial charge in [-0.1, -0.05) is 0 Å². The molecule has 1 aliphatic heterocycles. The fourth-order valence-electron chi connectivity index (χ4n) is 3.29. The number of nitrogens with zero attached hydrogens (tertiary/aromatic N) is 4. The SMILES string of the molecule is Cn1nc(-c2ccc(F)cc2)cc1C(=O)NC1CCN(c2nccs2)CC1. The second-order valence-electron chi connectivity index (χ2n) is 6.59. The lowest BCUT2D eigenvalue weighted by atomic mass is 10.1. The first-order chi connectivity index (χ1) is 13.1. The monoisotopic (exact) mass is 385 g/mol. The van der Waals surface area contributed by atoms with Crippen molar-refractivity contribution in [3.05, 3.63) is 53.4 Å². The third kappa shape index (κ3) is 3.85. The number of hydrogen-bond donors (Lipinski definition) is 1. The van der Waals surface area contributed by atoms with Gasteiger partial charge in [0.25, 0.3) is 5.91 Å². The fraction of sp³-hybridized carbons (Fsp3) is 0.316. The van der Waals surface area contributed by atoms with Crippen LogP contribution in [0.4, 0.5) is 9.52 Å². The highest BCUT2D eigenvalue weighted by Crippen LogP contribution is 2.23. The van der Waals surface area contributed by atoms with Crippen LogP contribution in [0.1, 0.15) is 23.3 Å². The Morgan fingerprint density at radius 2 is 2.00 bits per heavy atom. The lowest BCUT2D eigenvalue weighted by Gasteiger charge is -2.32. The number of nitrogens with one attached hydrogen (secondary N) is 1. The van der Waals surface area contributed by atoms with Gasteiger partial charge in [0, 0.05) is 43.3 Å². The minimum Gasteiger partial charge on any atom is -0.348 e. The molecule has 1 amide bonds. The van der Waals surface area contributed by atoms with E-state index in [0.717, 1.165) is 36.6 Å². The molecule has 4 rings (SSSR count). The molecular formula is C19H20FN5OS. The summed E-state index contributed by atoms with van der Waals surface area (Å²) in [4.78, 5) is 19.3. The molecule has 6 nitrogen and oxygen atoms in total. The largest absolute Gasteiger partial charge is 0.348 e. The molecule has 0 unspecified atom stereocenters. The zero-order chi connectivity index (χ0) is 18.8. The molecule has 3 aromatic rings. The van der Waals surface area contributed by atoms with Gasteiger partial charge in [-0.2, -0.15) is 5.10 Å². The van der Waals surface area contributed by atoms with Gasteiger partial charge in [-0.25, -0.2) is 9.37 Å². The molecule has 0 radical (unpaired) electrons. The van der Waals surface area contributed by atoms with Gasteiger partial charge >= 0.3 is 0 Å². The number of halogens is 1. The Morgan fingerprint density at radius 3 is 2.67 bits per heavy atom. The summed E-state index contributed by atoms with van der Waals surface area (Å²) in [6.07, 6.45) is 3.58. The molecule has 27 heavy (non-hydrogen) atoms. The first-order valence-electron chi connectivity index (χ1n) is 8.85. The van der Waals surface area contributed by atoms with E-state index in [1.54, 1.807) is 41.3 Å². The van der Waals surface area contributed by atoms with Crippen molar-refractivity contribution >= 4 is 22.4 Å². The van der Waals surface area contributed by atoms with E-state index in [9.17, 15) is 9.18 Å². The van der Waals surface area contributed by atoms with E-state index >= 15 is 0 Å². The molecule has 3 heterocycles. The van der Waals surface area contributed by atoms with Crippen molar-refractivity contribution in [1.29, 1.82) is 0 Å². The molecule has 140 valence electrons. The Hall–Kier alpha value is -2.74. The number of benzene rings is 1. The first kappa shape index (κ1) is 17.7. The number of carbonyl (C=O) groups is 1.